The highest BCUT2D eigenvalue weighted by Gasteiger charge is 2.21. The van der Waals surface area contributed by atoms with Crippen LogP contribution in [-0.2, 0) is 9.84 Å². The van der Waals surface area contributed by atoms with Gasteiger partial charge in [-0.05, 0) is 24.3 Å². The molecule has 1 aromatic heterocycles. The molecule has 0 fully saturated rings. The lowest BCUT2D eigenvalue weighted by Crippen LogP contribution is -2.16. The first-order valence-electron chi connectivity index (χ1n) is 8.52. The number of hydrogen-bond acceptors (Lipinski definition) is 9. The molecule has 1 N–H and O–H groups in total. The van der Waals surface area contributed by atoms with E-state index in [4.69, 9.17) is 18.6 Å². The summed E-state index contributed by atoms with van der Waals surface area (Å²) in [5.41, 5.74) is 0.432. The fourth-order valence-corrected chi connectivity index (χ4v) is 3.62. The van der Waals surface area contributed by atoms with E-state index < -0.39 is 15.7 Å². The summed E-state index contributed by atoms with van der Waals surface area (Å²) < 4.78 is 45.2. The third kappa shape index (κ3) is 4.20. The molecule has 1 heterocycles. The minimum Gasteiger partial charge on any atom is -0.493 e. The van der Waals surface area contributed by atoms with Crippen molar-refractivity contribution < 1.29 is 31.8 Å². The van der Waals surface area contributed by atoms with Gasteiger partial charge < -0.3 is 18.6 Å². The number of nitrogens with one attached hydrogen (secondary N) is 1. The highest BCUT2D eigenvalue weighted by atomic mass is 32.2. The van der Waals surface area contributed by atoms with E-state index in [1.807, 2.05) is 0 Å². The minimum atomic E-state index is -3.60. The van der Waals surface area contributed by atoms with Gasteiger partial charge in [0, 0.05) is 11.8 Å². The molecule has 0 atom stereocenters. The van der Waals surface area contributed by atoms with E-state index in [0.29, 0.717) is 22.8 Å². The summed E-state index contributed by atoms with van der Waals surface area (Å²) >= 11 is 0. The number of ether oxygens (including phenoxy) is 3. The van der Waals surface area contributed by atoms with E-state index in [-0.39, 0.29) is 22.4 Å². The van der Waals surface area contributed by atoms with Gasteiger partial charge in [0.2, 0.25) is 11.6 Å². The monoisotopic (exact) mass is 433 g/mol. The molecule has 0 saturated heterocycles. The highest BCUT2D eigenvalue weighted by molar-refractivity contribution is 7.90. The van der Waals surface area contributed by atoms with Gasteiger partial charge in [-0.3, -0.25) is 10.1 Å². The second-order valence-corrected chi connectivity index (χ2v) is 8.03. The van der Waals surface area contributed by atoms with Crippen LogP contribution < -0.4 is 19.5 Å². The summed E-state index contributed by atoms with van der Waals surface area (Å²) in [5.74, 6) is 0.557. The summed E-state index contributed by atoms with van der Waals surface area (Å²) in [4.78, 5) is 12.4. The lowest BCUT2D eigenvalue weighted by molar-refractivity contribution is 0.102. The molecule has 3 rings (SSSR count). The van der Waals surface area contributed by atoms with Crippen LogP contribution >= 0.6 is 0 Å². The topological polar surface area (TPSA) is 130 Å². The molecule has 1 amide bonds. The second-order valence-electron chi connectivity index (χ2n) is 6.05. The van der Waals surface area contributed by atoms with Gasteiger partial charge in [-0.25, -0.2) is 8.42 Å². The van der Waals surface area contributed by atoms with E-state index in [1.165, 1.54) is 39.5 Å². The van der Waals surface area contributed by atoms with Crippen LogP contribution in [0.4, 0.5) is 6.01 Å². The second kappa shape index (κ2) is 8.41. The van der Waals surface area contributed by atoms with E-state index in [2.05, 4.69) is 15.5 Å². The summed E-state index contributed by atoms with van der Waals surface area (Å²) in [6.45, 7) is 0. The molecule has 0 saturated carbocycles. The Labute approximate surface area is 172 Å². The Morgan fingerprint density at radius 3 is 2.20 bits per heavy atom. The lowest BCUT2D eigenvalue weighted by Gasteiger charge is -2.12. The highest BCUT2D eigenvalue weighted by Crippen LogP contribution is 2.41. The molecule has 10 nitrogen and oxygen atoms in total. The predicted molar refractivity (Wildman–Crippen MR) is 107 cm³/mol. The fraction of sp³-hybridized carbons (Fsp3) is 0.211. The van der Waals surface area contributed by atoms with Crippen molar-refractivity contribution in [2.45, 2.75) is 4.90 Å². The number of aromatic nitrogens is 2. The van der Waals surface area contributed by atoms with Gasteiger partial charge in [-0.2, -0.15) is 0 Å². The molecular formula is C19H19N3O7S. The van der Waals surface area contributed by atoms with E-state index >= 15 is 0 Å². The number of sulfone groups is 1. The van der Waals surface area contributed by atoms with Crippen LogP contribution in [0, 0.1) is 0 Å². The van der Waals surface area contributed by atoms with Gasteiger partial charge in [0.15, 0.2) is 21.3 Å². The minimum absolute atomic E-state index is 0.0347. The molecule has 0 spiro atoms. The van der Waals surface area contributed by atoms with Crippen molar-refractivity contribution in [2.75, 3.05) is 32.9 Å². The molecule has 0 aliphatic rings. The van der Waals surface area contributed by atoms with Crippen LogP contribution in [0.5, 0.6) is 17.2 Å². The number of rotatable bonds is 7. The van der Waals surface area contributed by atoms with Crippen molar-refractivity contribution in [3.63, 3.8) is 0 Å². The maximum Gasteiger partial charge on any atom is 0.322 e. The zero-order chi connectivity index (χ0) is 21.9. The Morgan fingerprint density at radius 1 is 1.00 bits per heavy atom. The Hall–Kier alpha value is -3.60. The van der Waals surface area contributed by atoms with Crippen molar-refractivity contribution in [3.05, 3.63) is 42.0 Å². The maximum absolute atomic E-state index is 12.6. The van der Waals surface area contributed by atoms with E-state index in [1.54, 1.807) is 18.2 Å². The van der Waals surface area contributed by atoms with Crippen LogP contribution in [0.2, 0.25) is 0 Å². The standard InChI is InChI=1S/C19H19N3O7S/c1-26-13-9-11(10-14(27-2)16(13)28-3)18-21-22-19(29-18)20-17(23)12-7-5-6-8-15(12)30(4,24)25/h5-10H,1-4H3,(H,20,22,23). The Bertz CT molecular complexity index is 1160. The molecule has 3 aromatic rings. The van der Waals surface area contributed by atoms with Gasteiger partial charge in [-0.15, -0.1) is 5.10 Å². The summed E-state index contributed by atoms with van der Waals surface area (Å²) in [6.07, 6.45) is 1.02. The first-order chi connectivity index (χ1) is 14.3. The molecule has 2 aromatic carbocycles. The van der Waals surface area contributed by atoms with Crippen molar-refractivity contribution in [2.24, 2.45) is 0 Å². The molecule has 0 aliphatic carbocycles. The van der Waals surface area contributed by atoms with Gasteiger partial charge >= 0.3 is 6.01 Å². The maximum atomic E-state index is 12.6. The van der Waals surface area contributed by atoms with Crippen molar-refractivity contribution in [1.82, 2.24) is 10.2 Å². The smallest absolute Gasteiger partial charge is 0.322 e. The molecule has 158 valence electrons. The summed E-state index contributed by atoms with van der Waals surface area (Å²) in [5, 5.41) is 10.1. The molecule has 11 heteroatoms. The third-order valence-corrected chi connectivity index (χ3v) is 5.24. The number of carbonyl (C=O) groups is 1. The van der Waals surface area contributed by atoms with Crippen LogP contribution in [0.15, 0.2) is 45.7 Å². The van der Waals surface area contributed by atoms with E-state index in [0.717, 1.165) is 6.26 Å². The SMILES string of the molecule is COc1cc(-c2nnc(NC(=O)c3ccccc3S(C)(=O)=O)o2)cc(OC)c1OC. The molecule has 0 unspecified atom stereocenters. The summed E-state index contributed by atoms with van der Waals surface area (Å²) in [7, 11) is 0.827. The molecule has 0 radical (unpaired) electrons. The Balaban J connectivity index is 1.91. The van der Waals surface area contributed by atoms with Crippen LogP contribution in [0.3, 0.4) is 0 Å². The first kappa shape index (κ1) is 21.1. The quantitative estimate of drug-likeness (QED) is 0.597. The van der Waals surface area contributed by atoms with Crippen molar-refractivity contribution in [1.29, 1.82) is 0 Å². The van der Waals surface area contributed by atoms with Crippen LogP contribution in [0.25, 0.3) is 11.5 Å². The average Bonchev–Trinajstić information content (AvgIpc) is 3.20. The Kier molecular flexibility index (Phi) is 5.92. The van der Waals surface area contributed by atoms with Gasteiger partial charge in [0.05, 0.1) is 31.8 Å². The number of methoxy groups -OCH3 is 3. The molecule has 30 heavy (non-hydrogen) atoms. The number of nitrogens with zero attached hydrogens (tertiary/aromatic N) is 2. The largest absolute Gasteiger partial charge is 0.493 e. The zero-order valence-electron chi connectivity index (χ0n) is 16.6. The van der Waals surface area contributed by atoms with E-state index in [9.17, 15) is 13.2 Å². The molecular weight excluding hydrogens is 414 g/mol. The number of amides is 1. The first-order valence-corrected chi connectivity index (χ1v) is 10.4. The average molecular weight is 433 g/mol. The fourth-order valence-electron chi connectivity index (χ4n) is 2.74. The number of hydrogen-bond donors (Lipinski definition) is 1. The Morgan fingerprint density at radius 2 is 1.63 bits per heavy atom. The molecule has 0 aliphatic heterocycles. The number of benzene rings is 2. The van der Waals surface area contributed by atoms with Gasteiger partial charge in [0.1, 0.15) is 0 Å². The van der Waals surface area contributed by atoms with Crippen molar-refractivity contribution >= 4 is 21.8 Å². The van der Waals surface area contributed by atoms with Crippen LogP contribution in [-0.4, -0.2) is 52.1 Å². The number of anilines is 1. The van der Waals surface area contributed by atoms with Crippen LogP contribution in [0.1, 0.15) is 10.4 Å². The van der Waals surface area contributed by atoms with Crippen molar-refractivity contribution in [3.8, 4) is 28.7 Å². The third-order valence-electron chi connectivity index (χ3n) is 4.09. The van der Waals surface area contributed by atoms with Gasteiger partial charge in [0.25, 0.3) is 5.91 Å². The normalized spacial score (nSPS) is 11.1. The summed E-state index contributed by atoms with van der Waals surface area (Å²) in [6, 6.07) is 8.84. The zero-order valence-corrected chi connectivity index (χ0v) is 17.4. The lowest BCUT2D eigenvalue weighted by atomic mass is 10.2. The van der Waals surface area contributed by atoms with Gasteiger partial charge in [-0.1, -0.05) is 17.2 Å². The molecule has 0 bridgehead atoms. The number of carbonyl (C=O) groups excluding carboxylic acids is 1. The predicted octanol–water partition coefficient (Wildman–Crippen LogP) is 2.42.